The molecule has 0 bridgehead atoms. The summed E-state index contributed by atoms with van der Waals surface area (Å²) in [7, 11) is 0. The van der Waals surface area contributed by atoms with Crippen LogP contribution in [0.1, 0.15) is 23.9 Å². The normalized spacial score (nSPS) is 12.2. The second-order valence-electron chi connectivity index (χ2n) is 4.99. The number of ether oxygens (including phenoxy) is 1. The molecule has 1 aromatic heterocycles. The Morgan fingerprint density at radius 2 is 2.10 bits per heavy atom. The summed E-state index contributed by atoms with van der Waals surface area (Å²) in [6.07, 6.45) is 0.578. The highest BCUT2D eigenvalue weighted by Crippen LogP contribution is 2.22. The zero-order valence-corrected chi connectivity index (χ0v) is 11.8. The highest BCUT2D eigenvalue weighted by molar-refractivity contribution is 5.34. The Morgan fingerprint density at radius 1 is 1.30 bits per heavy atom. The molecule has 0 radical (unpaired) electrons. The van der Waals surface area contributed by atoms with Gasteiger partial charge < -0.3 is 10.5 Å². The number of hydrogen-bond acceptors (Lipinski definition) is 3. The number of aromatic nitrogens is 1. The maximum Gasteiger partial charge on any atom is 0.130 e. The monoisotopic (exact) mass is 274 g/mol. The summed E-state index contributed by atoms with van der Waals surface area (Å²) >= 11 is 0. The summed E-state index contributed by atoms with van der Waals surface area (Å²) in [5.74, 6) is 0.383. The molecule has 1 unspecified atom stereocenters. The Kier molecular flexibility index (Phi) is 4.69. The van der Waals surface area contributed by atoms with E-state index in [1.165, 1.54) is 12.1 Å². The number of benzene rings is 1. The molecule has 106 valence electrons. The summed E-state index contributed by atoms with van der Waals surface area (Å²) in [5.41, 5.74) is 8.36. The summed E-state index contributed by atoms with van der Waals surface area (Å²) in [6.45, 7) is 4.18. The molecule has 0 spiro atoms. The fraction of sp³-hybridized carbons (Fsp3) is 0.312. The van der Waals surface area contributed by atoms with Crippen molar-refractivity contribution in [1.82, 2.24) is 4.98 Å². The maximum absolute atomic E-state index is 13.3. The number of aryl methyl sites for hydroxylation is 1. The summed E-state index contributed by atoms with van der Waals surface area (Å²) in [6, 6.07) is 10.2. The van der Waals surface area contributed by atoms with E-state index >= 15 is 0 Å². The predicted molar refractivity (Wildman–Crippen MR) is 77.1 cm³/mol. The van der Waals surface area contributed by atoms with E-state index in [2.05, 4.69) is 4.98 Å². The first-order chi connectivity index (χ1) is 9.54. The molecule has 0 aliphatic carbocycles. The maximum atomic E-state index is 13.3. The smallest absolute Gasteiger partial charge is 0.130 e. The van der Waals surface area contributed by atoms with Crippen LogP contribution in [0.3, 0.4) is 0 Å². The number of hydrogen-bond donors (Lipinski definition) is 1. The SMILES string of the molecule is Cc1cccc(COc2ccc(F)cc2CC(C)N)n1. The highest BCUT2D eigenvalue weighted by atomic mass is 19.1. The fourth-order valence-electron chi connectivity index (χ4n) is 2.03. The van der Waals surface area contributed by atoms with Gasteiger partial charge in [0.1, 0.15) is 18.2 Å². The number of halogens is 1. The van der Waals surface area contributed by atoms with Crippen molar-refractivity contribution in [2.24, 2.45) is 5.73 Å². The molecule has 20 heavy (non-hydrogen) atoms. The quantitative estimate of drug-likeness (QED) is 0.911. The third-order valence-electron chi connectivity index (χ3n) is 2.89. The van der Waals surface area contributed by atoms with Gasteiger partial charge in [-0.1, -0.05) is 6.07 Å². The lowest BCUT2D eigenvalue weighted by atomic mass is 10.1. The van der Waals surface area contributed by atoms with Gasteiger partial charge in [-0.15, -0.1) is 0 Å². The molecule has 1 heterocycles. The van der Waals surface area contributed by atoms with E-state index in [4.69, 9.17) is 10.5 Å². The second-order valence-corrected chi connectivity index (χ2v) is 4.99. The number of rotatable bonds is 5. The van der Waals surface area contributed by atoms with Gasteiger partial charge in [-0.3, -0.25) is 4.98 Å². The molecule has 0 saturated carbocycles. The van der Waals surface area contributed by atoms with Gasteiger partial charge in [0, 0.05) is 11.7 Å². The fourth-order valence-corrected chi connectivity index (χ4v) is 2.03. The second kappa shape index (κ2) is 6.48. The molecule has 2 rings (SSSR count). The van der Waals surface area contributed by atoms with Crippen LogP contribution in [-0.2, 0) is 13.0 Å². The standard InChI is InChI=1S/C16H19FN2O/c1-11(18)8-13-9-14(17)6-7-16(13)20-10-15-5-3-4-12(2)19-15/h3-7,9,11H,8,10,18H2,1-2H3. The Bertz CT molecular complexity index is 584. The average molecular weight is 274 g/mol. The predicted octanol–water partition coefficient (Wildman–Crippen LogP) is 3.00. The minimum Gasteiger partial charge on any atom is -0.487 e. The molecule has 4 heteroatoms. The van der Waals surface area contributed by atoms with E-state index in [0.717, 1.165) is 17.0 Å². The van der Waals surface area contributed by atoms with Crippen LogP contribution in [0.4, 0.5) is 4.39 Å². The summed E-state index contributed by atoms with van der Waals surface area (Å²) in [5, 5.41) is 0. The molecule has 2 N–H and O–H groups in total. The molecule has 0 aliphatic heterocycles. The Balaban J connectivity index is 2.12. The van der Waals surface area contributed by atoms with Crippen molar-refractivity contribution in [3.05, 3.63) is 59.2 Å². The first-order valence-corrected chi connectivity index (χ1v) is 6.64. The van der Waals surface area contributed by atoms with Gasteiger partial charge in [0.25, 0.3) is 0 Å². The topological polar surface area (TPSA) is 48.1 Å². The summed E-state index contributed by atoms with van der Waals surface area (Å²) < 4.78 is 19.1. The van der Waals surface area contributed by atoms with Crippen LogP contribution in [0.2, 0.25) is 0 Å². The largest absolute Gasteiger partial charge is 0.487 e. The minimum absolute atomic E-state index is 0.0451. The average Bonchev–Trinajstić information content (AvgIpc) is 2.37. The molecule has 2 aromatic rings. The van der Waals surface area contributed by atoms with Crippen molar-refractivity contribution in [1.29, 1.82) is 0 Å². The molecule has 0 fully saturated rings. The van der Waals surface area contributed by atoms with E-state index in [0.29, 0.717) is 18.8 Å². The molecular formula is C16H19FN2O. The van der Waals surface area contributed by atoms with Crippen LogP contribution in [0, 0.1) is 12.7 Å². The van der Waals surface area contributed by atoms with Crippen LogP contribution in [0.25, 0.3) is 0 Å². The van der Waals surface area contributed by atoms with Gasteiger partial charge in [-0.25, -0.2) is 4.39 Å². The third-order valence-corrected chi connectivity index (χ3v) is 2.89. The van der Waals surface area contributed by atoms with Gasteiger partial charge in [0.15, 0.2) is 0 Å². The van der Waals surface area contributed by atoms with Crippen LogP contribution in [-0.4, -0.2) is 11.0 Å². The number of nitrogens with two attached hydrogens (primary N) is 1. The van der Waals surface area contributed by atoms with E-state index in [-0.39, 0.29) is 11.9 Å². The van der Waals surface area contributed by atoms with Gasteiger partial charge in [-0.2, -0.15) is 0 Å². The van der Waals surface area contributed by atoms with Crippen LogP contribution in [0.15, 0.2) is 36.4 Å². The zero-order valence-electron chi connectivity index (χ0n) is 11.8. The Labute approximate surface area is 118 Å². The van der Waals surface area contributed by atoms with Crippen molar-refractivity contribution < 1.29 is 9.13 Å². The molecule has 0 saturated heterocycles. The Hall–Kier alpha value is -1.94. The van der Waals surface area contributed by atoms with Crippen molar-refractivity contribution in [2.45, 2.75) is 32.9 Å². The van der Waals surface area contributed by atoms with Gasteiger partial charge in [-0.05, 0) is 56.2 Å². The van der Waals surface area contributed by atoms with Crippen molar-refractivity contribution in [3.63, 3.8) is 0 Å². The number of pyridine rings is 1. The summed E-state index contributed by atoms with van der Waals surface area (Å²) in [4.78, 5) is 4.37. The first kappa shape index (κ1) is 14.5. The molecule has 1 aromatic carbocycles. The molecule has 1 atom stereocenters. The van der Waals surface area contributed by atoms with E-state index in [1.54, 1.807) is 6.07 Å². The Morgan fingerprint density at radius 3 is 2.80 bits per heavy atom. The molecule has 3 nitrogen and oxygen atoms in total. The lowest BCUT2D eigenvalue weighted by molar-refractivity contribution is 0.297. The number of nitrogens with zero attached hydrogens (tertiary/aromatic N) is 1. The lowest BCUT2D eigenvalue weighted by Crippen LogP contribution is -2.18. The van der Waals surface area contributed by atoms with Crippen LogP contribution in [0.5, 0.6) is 5.75 Å². The van der Waals surface area contributed by atoms with Gasteiger partial charge in [0.2, 0.25) is 0 Å². The first-order valence-electron chi connectivity index (χ1n) is 6.64. The molecular weight excluding hydrogens is 255 g/mol. The zero-order chi connectivity index (χ0) is 14.5. The van der Waals surface area contributed by atoms with Crippen molar-refractivity contribution in [3.8, 4) is 5.75 Å². The minimum atomic E-state index is -0.276. The molecule has 0 aliphatic rings. The van der Waals surface area contributed by atoms with E-state index in [9.17, 15) is 4.39 Å². The molecule has 0 amide bonds. The lowest BCUT2D eigenvalue weighted by Gasteiger charge is -2.13. The van der Waals surface area contributed by atoms with Gasteiger partial charge in [0.05, 0.1) is 5.69 Å². The van der Waals surface area contributed by atoms with E-state index in [1.807, 2.05) is 32.0 Å². The van der Waals surface area contributed by atoms with Crippen LogP contribution >= 0.6 is 0 Å². The van der Waals surface area contributed by atoms with E-state index < -0.39 is 0 Å². The van der Waals surface area contributed by atoms with Crippen LogP contribution < -0.4 is 10.5 Å². The van der Waals surface area contributed by atoms with Crippen molar-refractivity contribution >= 4 is 0 Å². The van der Waals surface area contributed by atoms with Gasteiger partial charge >= 0.3 is 0 Å². The third kappa shape index (κ3) is 4.03. The highest BCUT2D eigenvalue weighted by Gasteiger charge is 2.08. The van der Waals surface area contributed by atoms with Crippen molar-refractivity contribution in [2.75, 3.05) is 0 Å².